The highest BCUT2D eigenvalue weighted by Gasteiger charge is 2.24. The lowest BCUT2D eigenvalue weighted by molar-refractivity contribution is -0.384. The summed E-state index contributed by atoms with van der Waals surface area (Å²) in [4.78, 5) is 9.69. The predicted octanol–water partition coefficient (Wildman–Crippen LogP) is 1.69. The molecule has 0 aliphatic carbocycles. The molecule has 0 amide bonds. The summed E-state index contributed by atoms with van der Waals surface area (Å²) in [6.45, 7) is 3.00. The number of nitrogens with zero attached hydrogens (tertiary/aromatic N) is 1. The van der Waals surface area contributed by atoms with Gasteiger partial charge in [-0.3, -0.25) is 10.1 Å². The molecule has 112 valence electrons. The highest BCUT2D eigenvalue weighted by molar-refractivity contribution is 7.89. The minimum absolute atomic E-state index is 0.144. The summed E-state index contributed by atoms with van der Waals surface area (Å²) in [6, 6.07) is 3.19. The van der Waals surface area contributed by atoms with E-state index in [0.717, 1.165) is 12.1 Å². The van der Waals surface area contributed by atoms with E-state index < -0.39 is 26.2 Å². The monoisotopic (exact) mass is 322 g/mol. The van der Waals surface area contributed by atoms with Crippen LogP contribution in [0.15, 0.2) is 23.1 Å². The van der Waals surface area contributed by atoms with E-state index in [1.165, 1.54) is 13.0 Å². The minimum Gasteiger partial charge on any atom is -0.389 e. The van der Waals surface area contributed by atoms with Crippen LogP contribution >= 0.6 is 11.6 Å². The van der Waals surface area contributed by atoms with Gasteiger partial charge in [-0.2, -0.15) is 0 Å². The maximum absolute atomic E-state index is 12.0. The van der Waals surface area contributed by atoms with Gasteiger partial charge in [-0.1, -0.05) is 18.5 Å². The Labute approximate surface area is 121 Å². The van der Waals surface area contributed by atoms with Gasteiger partial charge >= 0.3 is 0 Å². The summed E-state index contributed by atoms with van der Waals surface area (Å²) in [5.74, 6) is 0. The maximum atomic E-state index is 12.0. The first-order valence-corrected chi connectivity index (χ1v) is 7.61. The van der Waals surface area contributed by atoms with E-state index in [1.54, 1.807) is 6.92 Å². The van der Waals surface area contributed by atoms with Crippen LogP contribution in [0.25, 0.3) is 0 Å². The van der Waals surface area contributed by atoms with Crippen molar-refractivity contribution in [2.75, 3.05) is 6.54 Å². The Morgan fingerprint density at radius 2 is 2.10 bits per heavy atom. The standard InChI is InChI=1S/C11H15ClN2O5S/c1-3-11(2,15)7-13-20(18,19)8-4-5-9(12)10(6-8)14(16)17/h4-6,13,15H,3,7H2,1-2H3. The fraction of sp³-hybridized carbons (Fsp3) is 0.455. The Hall–Kier alpha value is -1.22. The van der Waals surface area contributed by atoms with Crippen molar-refractivity contribution in [3.8, 4) is 0 Å². The zero-order chi connectivity index (χ0) is 15.6. The highest BCUT2D eigenvalue weighted by Crippen LogP contribution is 2.27. The van der Waals surface area contributed by atoms with Crippen LogP contribution < -0.4 is 4.72 Å². The normalized spacial score (nSPS) is 14.8. The molecule has 0 bridgehead atoms. The second kappa shape index (κ2) is 6.04. The number of hydrogen-bond acceptors (Lipinski definition) is 5. The van der Waals surface area contributed by atoms with Crippen LogP contribution in [-0.2, 0) is 10.0 Å². The van der Waals surface area contributed by atoms with Crippen molar-refractivity contribution in [1.82, 2.24) is 4.72 Å². The Bertz CT molecular complexity index is 615. The molecular weight excluding hydrogens is 308 g/mol. The fourth-order valence-corrected chi connectivity index (χ4v) is 2.63. The molecule has 1 aromatic carbocycles. The van der Waals surface area contributed by atoms with Crippen molar-refractivity contribution in [2.24, 2.45) is 0 Å². The zero-order valence-corrected chi connectivity index (χ0v) is 12.5. The fourth-order valence-electron chi connectivity index (χ4n) is 1.26. The molecule has 0 aliphatic rings. The lowest BCUT2D eigenvalue weighted by Crippen LogP contribution is -2.40. The number of hydrogen-bond donors (Lipinski definition) is 2. The van der Waals surface area contributed by atoms with E-state index in [-0.39, 0.29) is 16.5 Å². The quantitative estimate of drug-likeness (QED) is 0.611. The molecule has 9 heteroatoms. The minimum atomic E-state index is -3.95. The smallest absolute Gasteiger partial charge is 0.289 e. The van der Waals surface area contributed by atoms with Crippen LogP contribution in [0.3, 0.4) is 0 Å². The maximum Gasteiger partial charge on any atom is 0.289 e. The lowest BCUT2D eigenvalue weighted by Gasteiger charge is -2.21. The predicted molar refractivity (Wildman–Crippen MR) is 74.2 cm³/mol. The number of sulfonamides is 1. The third-order valence-corrected chi connectivity index (χ3v) is 4.55. The first-order valence-electron chi connectivity index (χ1n) is 5.75. The average Bonchev–Trinajstić information content (AvgIpc) is 2.36. The third-order valence-electron chi connectivity index (χ3n) is 2.83. The van der Waals surface area contributed by atoms with Gasteiger partial charge in [0, 0.05) is 12.6 Å². The van der Waals surface area contributed by atoms with Crippen LogP contribution in [0.1, 0.15) is 20.3 Å². The molecule has 0 radical (unpaired) electrons. The van der Waals surface area contributed by atoms with Gasteiger partial charge in [0.05, 0.1) is 15.4 Å². The van der Waals surface area contributed by atoms with Crippen molar-refractivity contribution in [2.45, 2.75) is 30.8 Å². The summed E-state index contributed by atoms with van der Waals surface area (Å²) < 4.78 is 26.2. The van der Waals surface area contributed by atoms with Gasteiger partial charge in [-0.25, -0.2) is 13.1 Å². The first-order chi connectivity index (χ1) is 9.09. The molecule has 20 heavy (non-hydrogen) atoms. The van der Waals surface area contributed by atoms with Crippen LogP contribution in [0.2, 0.25) is 5.02 Å². The van der Waals surface area contributed by atoms with E-state index >= 15 is 0 Å². The van der Waals surface area contributed by atoms with Crippen LogP contribution in [0.5, 0.6) is 0 Å². The second-order valence-electron chi connectivity index (χ2n) is 4.55. The molecule has 0 spiro atoms. The largest absolute Gasteiger partial charge is 0.389 e. The van der Waals surface area contributed by atoms with Crippen molar-refractivity contribution < 1.29 is 18.4 Å². The molecule has 1 rings (SSSR count). The molecule has 2 N–H and O–H groups in total. The lowest BCUT2D eigenvalue weighted by atomic mass is 10.1. The summed E-state index contributed by atoms with van der Waals surface area (Å²) in [5.41, 5.74) is -1.68. The zero-order valence-electron chi connectivity index (χ0n) is 11.0. The van der Waals surface area contributed by atoms with Gasteiger partial charge < -0.3 is 5.11 Å². The summed E-state index contributed by atoms with van der Waals surface area (Å²) >= 11 is 5.62. The molecule has 0 heterocycles. The molecular formula is C11H15ClN2O5S. The molecule has 0 aliphatic heterocycles. The Kier molecular flexibility index (Phi) is 5.09. The molecule has 1 aromatic rings. The van der Waals surface area contributed by atoms with Crippen molar-refractivity contribution in [3.05, 3.63) is 33.3 Å². The molecule has 7 nitrogen and oxygen atoms in total. The van der Waals surface area contributed by atoms with Gasteiger partial charge in [0.25, 0.3) is 5.69 Å². The first kappa shape index (κ1) is 16.8. The molecule has 0 aromatic heterocycles. The van der Waals surface area contributed by atoms with Crippen molar-refractivity contribution in [3.63, 3.8) is 0 Å². The molecule has 1 unspecified atom stereocenters. The third kappa shape index (κ3) is 4.14. The highest BCUT2D eigenvalue weighted by atomic mass is 35.5. The number of nitro benzene ring substituents is 1. The number of aliphatic hydroxyl groups is 1. The summed E-state index contributed by atoms with van der Waals surface area (Å²) in [6.07, 6.45) is 0.357. The topological polar surface area (TPSA) is 110 Å². The van der Waals surface area contributed by atoms with E-state index in [2.05, 4.69) is 4.72 Å². The van der Waals surface area contributed by atoms with E-state index in [9.17, 15) is 23.6 Å². The number of nitro groups is 1. The van der Waals surface area contributed by atoms with Gasteiger partial charge in [0.1, 0.15) is 5.02 Å². The van der Waals surface area contributed by atoms with Gasteiger partial charge in [-0.15, -0.1) is 0 Å². The van der Waals surface area contributed by atoms with Crippen molar-refractivity contribution in [1.29, 1.82) is 0 Å². The van der Waals surface area contributed by atoms with Gasteiger partial charge in [0.15, 0.2) is 0 Å². The second-order valence-corrected chi connectivity index (χ2v) is 6.72. The van der Waals surface area contributed by atoms with Gasteiger partial charge in [0.2, 0.25) is 10.0 Å². The van der Waals surface area contributed by atoms with E-state index in [0.29, 0.717) is 6.42 Å². The Morgan fingerprint density at radius 3 is 2.60 bits per heavy atom. The van der Waals surface area contributed by atoms with Gasteiger partial charge in [-0.05, 0) is 25.5 Å². The van der Waals surface area contributed by atoms with E-state index in [1.807, 2.05) is 0 Å². The van der Waals surface area contributed by atoms with Crippen LogP contribution in [0, 0.1) is 10.1 Å². The molecule has 0 saturated heterocycles. The van der Waals surface area contributed by atoms with Crippen LogP contribution in [-0.4, -0.2) is 30.6 Å². The SMILES string of the molecule is CCC(C)(O)CNS(=O)(=O)c1ccc(Cl)c([N+](=O)[O-])c1. The number of benzene rings is 1. The Balaban J connectivity index is 3.05. The van der Waals surface area contributed by atoms with E-state index in [4.69, 9.17) is 11.6 Å². The summed E-state index contributed by atoms with van der Waals surface area (Å²) in [5, 5.41) is 20.4. The number of nitrogens with one attached hydrogen (secondary N) is 1. The van der Waals surface area contributed by atoms with Crippen LogP contribution in [0.4, 0.5) is 5.69 Å². The molecule has 1 atom stereocenters. The molecule has 0 fully saturated rings. The molecule has 0 saturated carbocycles. The van der Waals surface area contributed by atoms with Crippen molar-refractivity contribution >= 4 is 27.3 Å². The average molecular weight is 323 g/mol. The number of halogens is 1. The Morgan fingerprint density at radius 1 is 1.50 bits per heavy atom. The summed E-state index contributed by atoms with van der Waals surface area (Å²) in [7, 11) is -3.95. The number of rotatable bonds is 6.